The third kappa shape index (κ3) is 4.06. The molecule has 1 heterocycles. The van der Waals surface area contributed by atoms with Crippen LogP contribution < -0.4 is 10.6 Å². The quantitative estimate of drug-likeness (QED) is 0.312. The summed E-state index contributed by atoms with van der Waals surface area (Å²) in [5.41, 5.74) is 0.254. The Balaban J connectivity index is 2.40. The first kappa shape index (κ1) is 18.2. The molecule has 1 aliphatic heterocycles. The molecule has 9 heteroatoms. The number of carbonyl (C=O) groups excluding carboxylic acids is 2. The molecule has 0 spiro atoms. The van der Waals surface area contributed by atoms with Crippen LogP contribution in [0.3, 0.4) is 0 Å². The lowest BCUT2D eigenvalue weighted by Crippen LogP contribution is -2.45. The summed E-state index contributed by atoms with van der Waals surface area (Å²) in [5, 5.41) is 25.7. The number of allylic oxidation sites excluding steroid dienone is 1. The maximum absolute atomic E-state index is 12.4. The number of rotatable bonds is 6. The monoisotopic (exact) mass is 349 g/mol. The van der Waals surface area contributed by atoms with Gasteiger partial charge >= 0.3 is 17.7 Å². The number of nitro benzene ring substituents is 1. The summed E-state index contributed by atoms with van der Waals surface area (Å²) >= 11 is 0. The average Bonchev–Trinajstić information content (AvgIpc) is 2.54. The number of ether oxygens (including phenoxy) is 1. The summed E-state index contributed by atoms with van der Waals surface area (Å²) in [6.07, 6.45) is 1.56. The summed E-state index contributed by atoms with van der Waals surface area (Å²) in [7, 11) is 0. The second-order valence-electron chi connectivity index (χ2n) is 5.56. The van der Waals surface area contributed by atoms with Crippen molar-refractivity contribution in [2.75, 3.05) is 6.61 Å². The van der Waals surface area contributed by atoms with Crippen LogP contribution in [0.1, 0.15) is 38.3 Å². The topological polar surface area (TPSA) is 131 Å². The molecule has 0 bridgehead atoms. The summed E-state index contributed by atoms with van der Waals surface area (Å²) in [6.45, 7) is 3.75. The Bertz CT molecular complexity index is 743. The molecule has 25 heavy (non-hydrogen) atoms. The standard InChI is InChI=1S/C16H19N3O6/c1-3-4-7-25-15(21)13-9(2)17-16(22)18-14(13)10-5-6-12(20)11(8-10)19(23)24/h5-6,8,14,20H,3-4,7H2,1-2H3,(H2,17,18,22). The first-order valence-corrected chi connectivity index (χ1v) is 7.77. The maximum Gasteiger partial charge on any atom is 0.338 e. The lowest BCUT2D eigenvalue weighted by Gasteiger charge is -2.28. The van der Waals surface area contributed by atoms with Gasteiger partial charge < -0.3 is 20.5 Å². The first-order chi connectivity index (χ1) is 11.8. The van der Waals surface area contributed by atoms with Gasteiger partial charge in [-0.3, -0.25) is 10.1 Å². The van der Waals surface area contributed by atoms with Gasteiger partial charge in [-0.05, 0) is 25.0 Å². The Labute approximate surface area is 143 Å². The number of urea groups is 1. The fourth-order valence-electron chi connectivity index (χ4n) is 2.47. The van der Waals surface area contributed by atoms with Crippen molar-refractivity contribution in [3.05, 3.63) is 45.1 Å². The largest absolute Gasteiger partial charge is 0.502 e. The van der Waals surface area contributed by atoms with E-state index in [0.29, 0.717) is 17.7 Å². The molecule has 1 aliphatic rings. The van der Waals surface area contributed by atoms with E-state index in [2.05, 4.69) is 10.6 Å². The molecule has 1 aromatic rings. The van der Waals surface area contributed by atoms with Gasteiger partial charge in [-0.1, -0.05) is 19.4 Å². The zero-order valence-electron chi connectivity index (χ0n) is 13.9. The van der Waals surface area contributed by atoms with Gasteiger partial charge in [-0.15, -0.1) is 0 Å². The molecule has 0 fully saturated rings. The number of nitrogens with zero attached hydrogens (tertiary/aromatic N) is 1. The molecule has 2 amide bonds. The predicted molar refractivity (Wildman–Crippen MR) is 87.7 cm³/mol. The summed E-state index contributed by atoms with van der Waals surface area (Å²) in [5.74, 6) is -1.11. The van der Waals surface area contributed by atoms with Crippen LogP contribution >= 0.6 is 0 Å². The lowest BCUT2D eigenvalue weighted by atomic mass is 9.95. The minimum atomic E-state index is -0.915. The smallest absolute Gasteiger partial charge is 0.338 e. The minimum Gasteiger partial charge on any atom is -0.502 e. The number of esters is 1. The molecule has 0 saturated carbocycles. The maximum atomic E-state index is 12.4. The van der Waals surface area contributed by atoms with Gasteiger partial charge in [0, 0.05) is 11.8 Å². The number of hydrogen-bond donors (Lipinski definition) is 3. The molecule has 0 aromatic heterocycles. The normalized spacial score (nSPS) is 16.9. The molecule has 9 nitrogen and oxygen atoms in total. The van der Waals surface area contributed by atoms with Crippen LogP contribution in [0.25, 0.3) is 0 Å². The Morgan fingerprint density at radius 3 is 2.80 bits per heavy atom. The van der Waals surface area contributed by atoms with Crippen molar-refractivity contribution in [3.8, 4) is 5.75 Å². The summed E-state index contributed by atoms with van der Waals surface area (Å²) in [6, 6.07) is 2.23. The molecule has 1 unspecified atom stereocenters. The van der Waals surface area contributed by atoms with Crippen molar-refractivity contribution < 1.29 is 24.4 Å². The highest BCUT2D eigenvalue weighted by Gasteiger charge is 2.33. The number of nitro groups is 1. The zero-order chi connectivity index (χ0) is 18.6. The molecular formula is C16H19N3O6. The van der Waals surface area contributed by atoms with Crippen molar-refractivity contribution in [3.63, 3.8) is 0 Å². The fraction of sp³-hybridized carbons (Fsp3) is 0.375. The van der Waals surface area contributed by atoms with Gasteiger partial charge in [0.15, 0.2) is 5.75 Å². The van der Waals surface area contributed by atoms with E-state index in [-0.39, 0.29) is 12.2 Å². The van der Waals surface area contributed by atoms with Gasteiger partial charge in [-0.2, -0.15) is 0 Å². The van der Waals surface area contributed by atoms with E-state index in [9.17, 15) is 24.8 Å². The number of benzene rings is 1. The number of aromatic hydroxyl groups is 1. The molecule has 3 N–H and O–H groups in total. The van der Waals surface area contributed by atoms with Crippen molar-refractivity contribution in [2.24, 2.45) is 0 Å². The van der Waals surface area contributed by atoms with E-state index < -0.39 is 34.4 Å². The van der Waals surface area contributed by atoms with Crippen molar-refractivity contribution in [2.45, 2.75) is 32.7 Å². The molecule has 0 saturated heterocycles. The van der Waals surface area contributed by atoms with Crippen LogP contribution in [0.2, 0.25) is 0 Å². The molecular weight excluding hydrogens is 330 g/mol. The van der Waals surface area contributed by atoms with Crippen LogP contribution in [-0.2, 0) is 9.53 Å². The van der Waals surface area contributed by atoms with E-state index >= 15 is 0 Å². The van der Waals surface area contributed by atoms with Crippen molar-refractivity contribution in [1.29, 1.82) is 0 Å². The van der Waals surface area contributed by atoms with Crippen LogP contribution in [0, 0.1) is 10.1 Å². The van der Waals surface area contributed by atoms with E-state index in [4.69, 9.17) is 4.74 Å². The average molecular weight is 349 g/mol. The molecule has 1 atom stereocenters. The van der Waals surface area contributed by atoms with Crippen LogP contribution in [-0.4, -0.2) is 28.6 Å². The number of unbranched alkanes of at least 4 members (excludes halogenated alkanes) is 1. The first-order valence-electron chi connectivity index (χ1n) is 7.77. The second kappa shape index (κ2) is 7.65. The van der Waals surface area contributed by atoms with Crippen LogP contribution in [0.15, 0.2) is 29.5 Å². The number of nitrogens with one attached hydrogen (secondary N) is 2. The predicted octanol–water partition coefficient (Wildman–Crippen LogP) is 2.27. The number of carbonyl (C=O) groups is 2. The Hall–Kier alpha value is -3.10. The SMILES string of the molecule is CCCCOC(=O)C1=C(C)NC(=O)NC1c1ccc(O)c([N+](=O)[O-])c1. The molecule has 2 rings (SSSR count). The third-order valence-corrected chi connectivity index (χ3v) is 3.75. The van der Waals surface area contributed by atoms with E-state index in [1.165, 1.54) is 6.07 Å². The third-order valence-electron chi connectivity index (χ3n) is 3.75. The minimum absolute atomic E-state index is 0.163. The Morgan fingerprint density at radius 2 is 2.16 bits per heavy atom. The molecule has 1 aromatic carbocycles. The van der Waals surface area contributed by atoms with Gasteiger partial charge in [0.05, 0.1) is 23.1 Å². The summed E-state index contributed by atoms with van der Waals surface area (Å²) < 4.78 is 5.21. The second-order valence-corrected chi connectivity index (χ2v) is 5.56. The highest BCUT2D eigenvalue weighted by Crippen LogP contribution is 2.33. The summed E-state index contributed by atoms with van der Waals surface area (Å²) in [4.78, 5) is 34.5. The van der Waals surface area contributed by atoms with Crippen molar-refractivity contribution in [1.82, 2.24) is 10.6 Å². The fourth-order valence-corrected chi connectivity index (χ4v) is 2.47. The molecule has 134 valence electrons. The number of phenols is 1. The van der Waals surface area contributed by atoms with Crippen LogP contribution in [0.4, 0.5) is 10.5 Å². The van der Waals surface area contributed by atoms with Gasteiger partial charge in [0.1, 0.15) is 0 Å². The van der Waals surface area contributed by atoms with Gasteiger partial charge in [-0.25, -0.2) is 9.59 Å². The molecule has 0 aliphatic carbocycles. The van der Waals surface area contributed by atoms with E-state index in [1.807, 2.05) is 6.92 Å². The number of hydrogen-bond acceptors (Lipinski definition) is 6. The Morgan fingerprint density at radius 1 is 1.44 bits per heavy atom. The van der Waals surface area contributed by atoms with Gasteiger partial charge in [0.2, 0.25) is 0 Å². The number of phenolic OH excluding ortho intramolecular Hbond substituents is 1. The van der Waals surface area contributed by atoms with Gasteiger partial charge in [0.25, 0.3) is 0 Å². The van der Waals surface area contributed by atoms with Crippen molar-refractivity contribution >= 4 is 17.7 Å². The van der Waals surface area contributed by atoms with Crippen LogP contribution in [0.5, 0.6) is 5.75 Å². The highest BCUT2D eigenvalue weighted by atomic mass is 16.6. The highest BCUT2D eigenvalue weighted by molar-refractivity contribution is 5.95. The van der Waals surface area contributed by atoms with E-state index in [0.717, 1.165) is 18.6 Å². The number of amides is 2. The zero-order valence-corrected chi connectivity index (χ0v) is 13.9. The lowest BCUT2D eigenvalue weighted by molar-refractivity contribution is -0.385. The Kier molecular flexibility index (Phi) is 5.58. The molecule has 0 radical (unpaired) electrons. The van der Waals surface area contributed by atoms with E-state index in [1.54, 1.807) is 6.92 Å².